The van der Waals surface area contributed by atoms with Gasteiger partial charge in [0.2, 0.25) is 10.0 Å². The number of carbonyl (C=O) groups is 1. The molecule has 0 bridgehead atoms. The number of hydrogen-bond acceptors (Lipinski definition) is 6. The average Bonchev–Trinajstić information content (AvgIpc) is 3.22. The van der Waals surface area contributed by atoms with Gasteiger partial charge in [-0.25, -0.2) is 13.6 Å². The molecule has 2 aliphatic rings. The number of nitrogens with one attached hydrogen (secondary N) is 1. The second kappa shape index (κ2) is 9.26. The van der Waals surface area contributed by atoms with Crippen molar-refractivity contribution in [1.82, 2.24) is 10.2 Å². The van der Waals surface area contributed by atoms with Gasteiger partial charge in [0, 0.05) is 30.4 Å². The number of methoxy groups -OCH3 is 2. The lowest BCUT2D eigenvalue weighted by molar-refractivity contribution is 0.0915. The number of hydrogen-bond donors (Lipinski definition) is 2. The molecule has 9 heteroatoms. The van der Waals surface area contributed by atoms with Crippen LogP contribution in [-0.4, -0.2) is 52.1 Å². The molecule has 2 atom stereocenters. The smallest absolute Gasteiger partial charge is 0.255 e. The van der Waals surface area contributed by atoms with Crippen molar-refractivity contribution in [2.24, 2.45) is 5.14 Å². The van der Waals surface area contributed by atoms with Gasteiger partial charge in [-0.15, -0.1) is 0 Å². The Morgan fingerprint density at radius 3 is 2.60 bits per heavy atom. The Bertz CT molecular complexity index is 929. The molecule has 166 valence electrons. The molecule has 8 nitrogen and oxygen atoms in total. The fourth-order valence-corrected chi connectivity index (χ4v) is 4.96. The largest absolute Gasteiger partial charge is 0.493 e. The van der Waals surface area contributed by atoms with Crippen molar-refractivity contribution in [2.75, 3.05) is 20.8 Å². The summed E-state index contributed by atoms with van der Waals surface area (Å²) in [6.45, 7) is 2.98. The molecule has 1 amide bonds. The van der Waals surface area contributed by atoms with E-state index in [0.717, 1.165) is 32.2 Å². The lowest BCUT2D eigenvalue weighted by Crippen LogP contribution is -2.47. The quantitative estimate of drug-likeness (QED) is 0.678. The Hall–Kier alpha value is -2.26. The molecule has 1 aliphatic carbocycles. The minimum Gasteiger partial charge on any atom is -0.493 e. The third-order valence-electron chi connectivity index (χ3n) is 5.90. The monoisotopic (exact) mass is 437 g/mol. The molecule has 2 unspecified atom stereocenters. The number of carbonyl (C=O) groups excluding carboxylic acids is 1. The van der Waals surface area contributed by atoms with Crippen LogP contribution in [-0.2, 0) is 10.0 Å². The Balaban J connectivity index is 1.85. The van der Waals surface area contributed by atoms with Crippen LogP contribution in [0.25, 0.3) is 0 Å². The van der Waals surface area contributed by atoms with Gasteiger partial charge in [0.05, 0.1) is 24.7 Å². The molecule has 0 spiro atoms. The van der Waals surface area contributed by atoms with E-state index in [2.05, 4.69) is 16.3 Å². The minimum atomic E-state index is -4.02. The molecule has 1 aromatic carbocycles. The summed E-state index contributed by atoms with van der Waals surface area (Å²) >= 11 is 0. The van der Waals surface area contributed by atoms with E-state index in [4.69, 9.17) is 14.6 Å². The summed E-state index contributed by atoms with van der Waals surface area (Å²) < 4.78 is 34.3. The van der Waals surface area contributed by atoms with Crippen LogP contribution in [0.4, 0.5) is 0 Å². The maximum Gasteiger partial charge on any atom is 0.255 e. The zero-order valence-electron chi connectivity index (χ0n) is 17.8. The van der Waals surface area contributed by atoms with E-state index in [0.29, 0.717) is 0 Å². The molecular weight excluding hydrogens is 406 g/mol. The number of nitrogens with zero attached hydrogens (tertiary/aromatic N) is 1. The molecule has 0 saturated carbocycles. The second-order valence-electron chi connectivity index (χ2n) is 7.86. The van der Waals surface area contributed by atoms with Crippen molar-refractivity contribution in [3.05, 3.63) is 29.5 Å². The lowest BCUT2D eigenvalue weighted by atomic mass is 10.0. The first-order chi connectivity index (χ1) is 14.3. The Labute approximate surface area is 178 Å². The SMILES string of the molecule is COc1cc(S(N)(=O)=O)cc(C(=O)NC(C)C2CCCN2C2=CCCCC2)c1OC. The van der Waals surface area contributed by atoms with E-state index in [1.54, 1.807) is 0 Å². The van der Waals surface area contributed by atoms with Gasteiger partial charge in [0.25, 0.3) is 5.91 Å². The molecular formula is C21H31N3O5S. The highest BCUT2D eigenvalue weighted by atomic mass is 32.2. The van der Waals surface area contributed by atoms with Crippen LogP contribution in [0.3, 0.4) is 0 Å². The molecule has 30 heavy (non-hydrogen) atoms. The Morgan fingerprint density at radius 2 is 2.00 bits per heavy atom. The first-order valence-electron chi connectivity index (χ1n) is 10.3. The number of benzene rings is 1. The highest BCUT2D eigenvalue weighted by Crippen LogP contribution is 2.35. The molecule has 0 radical (unpaired) electrons. The fraction of sp³-hybridized carbons (Fsp3) is 0.571. The number of amides is 1. The maximum atomic E-state index is 13.1. The number of primary sulfonamides is 1. The molecule has 1 heterocycles. The van der Waals surface area contributed by atoms with Crippen molar-refractivity contribution in [3.8, 4) is 11.5 Å². The highest BCUT2D eigenvalue weighted by molar-refractivity contribution is 7.89. The highest BCUT2D eigenvalue weighted by Gasteiger charge is 2.32. The van der Waals surface area contributed by atoms with Gasteiger partial charge in [-0.1, -0.05) is 6.08 Å². The topological polar surface area (TPSA) is 111 Å². The van der Waals surface area contributed by atoms with Crippen LogP contribution < -0.4 is 19.9 Å². The molecule has 1 aliphatic heterocycles. The van der Waals surface area contributed by atoms with E-state index >= 15 is 0 Å². The third-order valence-corrected chi connectivity index (χ3v) is 6.79. The standard InChI is InChI=1S/C21H31N3O5S/c1-14(18-10-7-11-24(18)15-8-5-4-6-9-15)23-21(25)17-12-16(30(22,26)27)13-19(28-2)20(17)29-3/h8,12-14,18H,4-7,9-11H2,1-3H3,(H,23,25)(H2,22,26,27). The van der Waals surface area contributed by atoms with Gasteiger partial charge in [-0.2, -0.15) is 0 Å². The van der Waals surface area contributed by atoms with Crippen molar-refractivity contribution >= 4 is 15.9 Å². The predicted octanol–water partition coefficient (Wildman–Crippen LogP) is 2.39. The fourth-order valence-electron chi connectivity index (χ4n) is 4.40. The van der Waals surface area contributed by atoms with Gasteiger partial charge < -0.3 is 19.7 Å². The number of likely N-dealkylation sites (tertiary alicyclic amines) is 1. The summed E-state index contributed by atoms with van der Waals surface area (Å²) in [6, 6.07) is 2.56. The molecule has 1 fully saturated rings. The van der Waals surface area contributed by atoms with Crippen molar-refractivity contribution < 1.29 is 22.7 Å². The van der Waals surface area contributed by atoms with Crippen LogP contribution in [0.2, 0.25) is 0 Å². The Morgan fingerprint density at radius 1 is 1.23 bits per heavy atom. The van der Waals surface area contributed by atoms with E-state index < -0.39 is 15.9 Å². The number of sulfonamides is 1. The van der Waals surface area contributed by atoms with Crippen LogP contribution in [0.1, 0.15) is 55.8 Å². The zero-order valence-corrected chi connectivity index (χ0v) is 18.6. The molecule has 3 rings (SSSR count). The van der Waals surface area contributed by atoms with E-state index in [-0.39, 0.29) is 34.0 Å². The number of ether oxygens (including phenoxy) is 2. The van der Waals surface area contributed by atoms with Gasteiger partial charge in [0.1, 0.15) is 0 Å². The summed E-state index contributed by atoms with van der Waals surface area (Å²) in [5.74, 6) is -0.114. The summed E-state index contributed by atoms with van der Waals surface area (Å²) in [5.41, 5.74) is 1.45. The minimum absolute atomic E-state index is 0.0779. The molecule has 1 aromatic rings. The summed E-state index contributed by atoms with van der Waals surface area (Å²) in [4.78, 5) is 15.3. The first-order valence-corrected chi connectivity index (χ1v) is 11.9. The maximum absolute atomic E-state index is 13.1. The molecule has 0 aromatic heterocycles. The van der Waals surface area contributed by atoms with Crippen LogP contribution in [0.5, 0.6) is 11.5 Å². The summed E-state index contributed by atoms with van der Waals surface area (Å²) in [6.07, 6.45) is 9.02. The number of nitrogens with two attached hydrogens (primary N) is 1. The number of rotatable bonds is 7. The molecule has 1 saturated heterocycles. The second-order valence-corrected chi connectivity index (χ2v) is 9.42. The zero-order chi connectivity index (χ0) is 21.9. The van der Waals surface area contributed by atoms with E-state index in [1.807, 2.05) is 6.92 Å². The van der Waals surface area contributed by atoms with Crippen LogP contribution in [0, 0.1) is 0 Å². The molecule has 3 N–H and O–H groups in total. The van der Waals surface area contributed by atoms with Gasteiger partial charge in [-0.3, -0.25) is 4.79 Å². The average molecular weight is 438 g/mol. The predicted molar refractivity (Wildman–Crippen MR) is 114 cm³/mol. The first kappa shape index (κ1) is 22.4. The third kappa shape index (κ3) is 4.73. The summed E-state index contributed by atoms with van der Waals surface area (Å²) in [7, 11) is -1.23. The lowest BCUT2D eigenvalue weighted by Gasteiger charge is -2.35. The van der Waals surface area contributed by atoms with Crippen molar-refractivity contribution in [3.63, 3.8) is 0 Å². The van der Waals surface area contributed by atoms with Crippen molar-refractivity contribution in [1.29, 1.82) is 0 Å². The van der Waals surface area contributed by atoms with E-state index in [9.17, 15) is 13.2 Å². The Kier molecular flexibility index (Phi) is 6.92. The van der Waals surface area contributed by atoms with Gasteiger partial charge >= 0.3 is 0 Å². The van der Waals surface area contributed by atoms with Crippen LogP contribution in [0.15, 0.2) is 28.8 Å². The van der Waals surface area contributed by atoms with Gasteiger partial charge in [0.15, 0.2) is 11.5 Å². The van der Waals surface area contributed by atoms with Gasteiger partial charge in [-0.05, 0) is 51.5 Å². The number of allylic oxidation sites excluding steroid dienone is 2. The van der Waals surface area contributed by atoms with E-state index in [1.165, 1.54) is 44.9 Å². The van der Waals surface area contributed by atoms with Crippen molar-refractivity contribution in [2.45, 2.75) is 62.4 Å². The summed E-state index contributed by atoms with van der Waals surface area (Å²) in [5, 5.41) is 8.31. The normalized spacial score (nSPS) is 20.5. The van der Waals surface area contributed by atoms with Crippen LogP contribution >= 0.6 is 0 Å².